The highest BCUT2D eigenvalue weighted by molar-refractivity contribution is 9.10. The van der Waals surface area contributed by atoms with Gasteiger partial charge in [0.1, 0.15) is 0 Å². The molecular formula is C10H7BrClS. The Morgan fingerprint density at radius 3 is 2.46 bits per heavy atom. The van der Waals surface area contributed by atoms with Gasteiger partial charge in [0.05, 0.1) is 10.6 Å². The first-order valence-corrected chi connectivity index (χ1v) is 6.03. The zero-order chi connectivity index (χ0) is 9.26. The van der Waals surface area contributed by atoms with E-state index in [4.69, 9.17) is 11.6 Å². The molecule has 1 unspecified atom stereocenters. The number of thioether (sulfide) groups is 1. The molecule has 2 rings (SSSR count). The molecule has 1 aromatic carbocycles. The molecule has 1 aliphatic rings. The molecule has 0 spiro atoms. The van der Waals surface area contributed by atoms with E-state index < -0.39 is 0 Å². The van der Waals surface area contributed by atoms with Gasteiger partial charge in [0, 0.05) is 4.47 Å². The normalized spacial score (nSPS) is 22.5. The highest BCUT2D eigenvalue weighted by Crippen LogP contribution is 2.38. The highest BCUT2D eigenvalue weighted by atomic mass is 79.9. The van der Waals surface area contributed by atoms with Gasteiger partial charge < -0.3 is 0 Å². The summed E-state index contributed by atoms with van der Waals surface area (Å²) < 4.78 is 1.17. The van der Waals surface area contributed by atoms with Gasteiger partial charge in [0.2, 0.25) is 0 Å². The predicted molar refractivity (Wildman–Crippen MR) is 62.9 cm³/mol. The Balaban J connectivity index is 2.25. The fourth-order valence-corrected chi connectivity index (χ4v) is 2.57. The number of hydrogen-bond acceptors (Lipinski definition) is 1. The molecule has 0 N–H and O–H groups in total. The maximum Gasteiger partial charge on any atom is 0.0973 e. The number of alkyl halides is 1. The summed E-state index contributed by atoms with van der Waals surface area (Å²) in [7, 11) is 0. The van der Waals surface area contributed by atoms with Crippen LogP contribution in [0.2, 0.25) is 0 Å². The predicted octanol–water partition coefficient (Wildman–Crippen LogP) is 4.20. The summed E-state index contributed by atoms with van der Waals surface area (Å²) in [5.41, 5.74) is 1.20. The lowest BCUT2D eigenvalue weighted by Crippen LogP contribution is -2.02. The molecule has 0 aliphatic carbocycles. The molecule has 67 valence electrons. The molecule has 1 atom stereocenters. The van der Waals surface area contributed by atoms with Crippen LogP contribution in [0.1, 0.15) is 5.56 Å². The Bertz CT molecular complexity index is 320. The van der Waals surface area contributed by atoms with Crippen LogP contribution in [0.15, 0.2) is 40.2 Å². The van der Waals surface area contributed by atoms with E-state index in [1.54, 1.807) is 11.8 Å². The third-order valence-corrected chi connectivity index (χ3v) is 3.73. The number of halogens is 2. The Kier molecular flexibility index (Phi) is 3.02. The summed E-state index contributed by atoms with van der Waals surface area (Å²) >= 11 is 11.1. The van der Waals surface area contributed by atoms with Crippen molar-refractivity contribution < 1.29 is 0 Å². The van der Waals surface area contributed by atoms with Crippen LogP contribution in [-0.4, -0.2) is 4.71 Å². The van der Waals surface area contributed by atoms with Crippen molar-refractivity contribution in [3.8, 4) is 0 Å². The van der Waals surface area contributed by atoms with Crippen molar-refractivity contribution in [2.75, 3.05) is 0 Å². The van der Waals surface area contributed by atoms with Gasteiger partial charge in [-0.15, -0.1) is 23.4 Å². The standard InChI is InChI=1S/C10H7BrClS/c11-8-3-1-7(2-4-8)9-5-6-13-10(9)12/h1-6,10H. The first-order chi connectivity index (χ1) is 6.27. The summed E-state index contributed by atoms with van der Waals surface area (Å²) in [5.74, 6) is 1.19. The molecular weight excluding hydrogens is 268 g/mol. The zero-order valence-electron chi connectivity index (χ0n) is 6.71. The van der Waals surface area contributed by atoms with Crippen LogP contribution in [0.3, 0.4) is 0 Å². The Morgan fingerprint density at radius 2 is 1.92 bits per heavy atom. The van der Waals surface area contributed by atoms with E-state index in [-0.39, 0.29) is 4.71 Å². The van der Waals surface area contributed by atoms with E-state index >= 15 is 0 Å². The van der Waals surface area contributed by atoms with Crippen LogP contribution in [0.4, 0.5) is 0 Å². The van der Waals surface area contributed by atoms with E-state index in [1.165, 1.54) is 11.5 Å². The number of hydrogen-bond donors (Lipinski definition) is 0. The van der Waals surface area contributed by atoms with Crippen molar-refractivity contribution in [2.24, 2.45) is 0 Å². The molecule has 1 heterocycles. The van der Waals surface area contributed by atoms with Crippen LogP contribution < -0.4 is 0 Å². The lowest BCUT2D eigenvalue weighted by atomic mass is 10.0. The third-order valence-electron chi connectivity index (χ3n) is 1.87. The molecule has 0 amide bonds. The van der Waals surface area contributed by atoms with Crippen LogP contribution in [0.5, 0.6) is 0 Å². The maximum atomic E-state index is 6.10. The Labute approximate surface area is 95.5 Å². The second kappa shape index (κ2) is 4.07. The van der Waals surface area contributed by atoms with Gasteiger partial charge >= 0.3 is 0 Å². The van der Waals surface area contributed by atoms with E-state index in [2.05, 4.69) is 34.1 Å². The minimum absolute atomic E-state index is 0.0705. The van der Waals surface area contributed by atoms with Crippen molar-refractivity contribution in [1.29, 1.82) is 0 Å². The Morgan fingerprint density at radius 1 is 1.23 bits per heavy atom. The molecule has 0 bridgehead atoms. The van der Waals surface area contributed by atoms with Crippen LogP contribution in [-0.2, 0) is 0 Å². The Hall–Kier alpha value is 0.0800. The molecule has 0 aromatic heterocycles. The minimum atomic E-state index is 0.0705. The van der Waals surface area contributed by atoms with E-state index in [1.807, 2.05) is 17.5 Å². The molecule has 13 heavy (non-hydrogen) atoms. The second-order valence-electron chi connectivity index (χ2n) is 2.72. The van der Waals surface area contributed by atoms with Gasteiger partial charge in [0.25, 0.3) is 0 Å². The highest BCUT2D eigenvalue weighted by Gasteiger charge is 2.23. The summed E-state index contributed by atoms with van der Waals surface area (Å²) in [6.07, 6.45) is 2.07. The van der Waals surface area contributed by atoms with Crippen LogP contribution in [0, 0.1) is 5.92 Å². The molecule has 1 radical (unpaired) electrons. The SMILES string of the molecule is ClC1SC=C[C]1c1ccc(Br)cc1. The monoisotopic (exact) mass is 273 g/mol. The van der Waals surface area contributed by atoms with E-state index in [0.29, 0.717) is 0 Å². The third kappa shape index (κ3) is 2.12. The lowest BCUT2D eigenvalue weighted by molar-refractivity contribution is 1.23. The molecule has 1 aliphatic heterocycles. The van der Waals surface area contributed by atoms with Crippen molar-refractivity contribution >= 4 is 39.3 Å². The first-order valence-electron chi connectivity index (χ1n) is 3.86. The van der Waals surface area contributed by atoms with Gasteiger partial charge in [-0.1, -0.05) is 34.1 Å². The largest absolute Gasteiger partial charge is 0.113 e. The molecule has 1 aromatic rings. The first kappa shape index (κ1) is 9.63. The van der Waals surface area contributed by atoms with Gasteiger partial charge in [-0.2, -0.15) is 0 Å². The van der Waals surface area contributed by atoms with Gasteiger partial charge in [-0.05, 0) is 23.1 Å². The van der Waals surface area contributed by atoms with Crippen molar-refractivity contribution in [3.63, 3.8) is 0 Å². The van der Waals surface area contributed by atoms with Crippen molar-refractivity contribution in [3.05, 3.63) is 51.7 Å². The molecule has 0 saturated carbocycles. The summed E-state index contributed by atoms with van der Waals surface area (Å²) in [4.78, 5) is 0. The summed E-state index contributed by atoms with van der Waals surface area (Å²) in [6.45, 7) is 0. The fraction of sp³-hybridized carbons (Fsp3) is 0.100. The van der Waals surface area contributed by atoms with Gasteiger partial charge in [-0.3, -0.25) is 0 Å². The fourth-order valence-electron chi connectivity index (χ4n) is 1.20. The van der Waals surface area contributed by atoms with Gasteiger partial charge in [-0.25, -0.2) is 0 Å². The van der Waals surface area contributed by atoms with Crippen molar-refractivity contribution in [2.45, 2.75) is 4.71 Å². The number of benzene rings is 1. The smallest absolute Gasteiger partial charge is 0.0973 e. The average Bonchev–Trinajstić information content (AvgIpc) is 2.53. The van der Waals surface area contributed by atoms with Crippen LogP contribution in [0.25, 0.3) is 0 Å². The van der Waals surface area contributed by atoms with E-state index in [0.717, 1.165) is 4.47 Å². The summed E-state index contributed by atoms with van der Waals surface area (Å²) in [5, 5.41) is 2.04. The summed E-state index contributed by atoms with van der Waals surface area (Å²) in [6, 6.07) is 8.21. The minimum Gasteiger partial charge on any atom is -0.113 e. The molecule has 0 saturated heterocycles. The molecule has 0 nitrogen and oxygen atoms in total. The molecule has 3 heteroatoms. The topological polar surface area (TPSA) is 0 Å². The average molecular weight is 275 g/mol. The zero-order valence-corrected chi connectivity index (χ0v) is 9.86. The quantitative estimate of drug-likeness (QED) is 0.692. The van der Waals surface area contributed by atoms with Gasteiger partial charge in [0.15, 0.2) is 0 Å². The second-order valence-corrected chi connectivity index (χ2v) is 5.34. The number of allylic oxidation sites excluding steroid dienone is 1. The van der Waals surface area contributed by atoms with Crippen molar-refractivity contribution in [1.82, 2.24) is 0 Å². The maximum absolute atomic E-state index is 6.10. The lowest BCUT2D eigenvalue weighted by Gasteiger charge is -2.11. The van der Waals surface area contributed by atoms with Crippen LogP contribution >= 0.6 is 39.3 Å². The molecule has 0 fully saturated rings. The number of rotatable bonds is 1. The van der Waals surface area contributed by atoms with E-state index in [9.17, 15) is 0 Å².